The van der Waals surface area contributed by atoms with Gasteiger partial charge >= 0.3 is 5.97 Å². The maximum Gasteiger partial charge on any atom is 0.346 e. The van der Waals surface area contributed by atoms with Gasteiger partial charge in [0.1, 0.15) is 5.60 Å². The molecule has 0 atom stereocenters. The average Bonchev–Trinajstić information content (AvgIpc) is 2.00. The third-order valence-electron chi connectivity index (χ3n) is 1.36. The maximum atomic E-state index is 11.2. The third kappa shape index (κ3) is 7.80. The Bertz CT molecular complexity index is 211. The summed E-state index contributed by atoms with van der Waals surface area (Å²) in [6.07, 6.45) is 3.22. The Morgan fingerprint density at radius 3 is 2.36 bits per heavy atom. The highest BCUT2D eigenvalue weighted by molar-refractivity contribution is 5.71. The van der Waals surface area contributed by atoms with Crippen LogP contribution in [0.2, 0.25) is 0 Å². The smallest absolute Gasteiger partial charge is 0.297 e. The minimum absolute atomic E-state index is 0.296. The minimum atomic E-state index is -0.446. The van der Waals surface area contributed by atoms with E-state index in [0.29, 0.717) is 6.42 Å². The van der Waals surface area contributed by atoms with Gasteiger partial charge in [-0.2, -0.15) is 4.89 Å². The lowest BCUT2D eigenvalue weighted by Gasteiger charge is -2.16. The molecule has 0 rings (SSSR count). The van der Waals surface area contributed by atoms with Crippen molar-refractivity contribution < 1.29 is 14.6 Å². The first-order valence-corrected chi connectivity index (χ1v) is 4.89. The summed E-state index contributed by atoms with van der Waals surface area (Å²) in [4.78, 5) is 20.7. The van der Waals surface area contributed by atoms with E-state index in [1.807, 2.05) is 40.7 Å². The van der Waals surface area contributed by atoms with Crippen molar-refractivity contribution in [1.82, 2.24) is 0 Å². The molecule has 0 aliphatic heterocycles. The normalized spacial score (nSPS) is 12.8. The van der Waals surface area contributed by atoms with Gasteiger partial charge in [0.15, 0.2) is 0 Å². The van der Waals surface area contributed by atoms with E-state index in [-0.39, 0.29) is 5.97 Å². The summed E-state index contributed by atoms with van der Waals surface area (Å²) in [5.41, 5.74) is 0.563. The molecule has 0 aromatic heterocycles. The Hall–Kier alpha value is -0.830. The van der Waals surface area contributed by atoms with E-state index in [4.69, 9.17) is 4.89 Å². The maximum absolute atomic E-state index is 11.2. The molecular weight excluding hydrogens is 180 g/mol. The molecule has 0 aliphatic rings. The number of carbonyl (C=O) groups is 1. The molecule has 0 heterocycles. The van der Waals surface area contributed by atoms with Crippen molar-refractivity contribution in [3.63, 3.8) is 0 Å². The minimum Gasteiger partial charge on any atom is -0.297 e. The molecule has 0 saturated heterocycles. The van der Waals surface area contributed by atoms with Crippen LogP contribution in [0.5, 0.6) is 0 Å². The highest BCUT2D eigenvalue weighted by Crippen LogP contribution is 2.09. The monoisotopic (exact) mass is 200 g/mol. The Kier molecular flexibility index (Phi) is 5.46. The van der Waals surface area contributed by atoms with Crippen molar-refractivity contribution in [3.05, 3.63) is 11.6 Å². The molecular formula is C11H20O3. The van der Waals surface area contributed by atoms with E-state index < -0.39 is 5.60 Å². The van der Waals surface area contributed by atoms with Gasteiger partial charge in [0, 0.05) is 0 Å². The van der Waals surface area contributed by atoms with E-state index in [1.165, 1.54) is 0 Å². The van der Waals surface area contributed by atoms with Gasteiger partial charge in [-0.25, -0.2) is 4.79 Å². The summed E-state index contributed by atoms with van der Waals surface area (Å²) in [5, 5.41) is 0. The first-order valence-electron chi connectivity index (χ1n) is 4.89. The van der Waals surface area contributed by atoms with Gasteiger partial charge in [0.2, 0.25) is 0 Å². The summed E-state index contributed by atoms with van der Waals surface area (Å²) >= 11 is 0. The summed E-state index contributed by atoms with van der Waals surface area (Å²) < 4.78 is 0. The number of hydrogen-bond donors (Lipinski definition) is 0. The van der Waals surface area contributed by atoms with Crippen LogP contribution >= 0.6 is 0 Å². The molecule has 0 N–H and O–H groups in total. The van der Waals surface area contributed by atoms with Crippen molar-refractivity contribution in [2.75, 3.05) is 0 Å². The van der Waals surface area contributed by atoms with Crippen LogP contribution in [0.4, 0.5) is 0 Å². The number of hydrogen-bond acceptors (Lipinski definition) is 3. The molecule has 14 heavy (non-hydrogen) atoms. The van der Waals surface area contributed by atoms with Crippen molar-refractivity contribution >= 4 is 5.97 Å². The van der Waals surface area contributed by atoms with Crippen LogP contribution in [-0.2, 0) is 14.6 Å². The summed E-state index contributed by atoms with van der Waals surface area (Å²) in [6.45, 7) is 9.42. The largest absolute Gasteiger partial charge is 0.346 e. The topological polar surface area (TPSA) is 35.5 Å². The van der Waals surface area contributed by atoms with Gasteiger partial charge in [0.25, 0.3) is 0 Å². The quantitative estimate of drug-likeness (QED) is 0.397. The van der Waals surface area contributed by atoms with Crippen molar-refractivity contribution in [3.8, 4) is 0 Å². The van der Waals surface area contributed by atoms with Crippen LogP contribution in [0.1, 0.15) is 47.5 Å². The second kappa shape index (κ2) is 5.81. The van der Waals surface area contributed by atoms with Crippen LogP contribution in [-0.4, -0.2) is 11.6 Å². The first kappa shape index (κ1) is 13.2. The van der Waals surface area contributed by atoms with Crippen LogP contribution in [0, 0.1) is 0 Å². The molecule has 0 fully saturated rings. The van der Waals surface area contributed by atoms with Gasteiger partial charge in [-0.1, -0.05) is 18.6 Å². The molecule has 0 unspecified atom stereocenters. The SMILES string of the molecule is CC/C=C(\C)CC(=O)OOC(C)(C)C. The van der Waals surface area contributed by atoms with Gasteiger partial charge in [-0.15, -0.1) is 0 Å². The molecule has 0 aromatic carbocycles. The third-order valence-corrected chi connectivity index (χ3v) is 1.36. The molecule has 3 nitrogen and oxygen atoms in total. The molecule has 0 spiro atoms. The van der Waals surface area contributed by atoms with Crippen LogP contribution in [0.3, 0.4) is 0 Å². The lowest BCUT2D eigenvalue weighted by atomic mass is 10.2. The van der Waals surface area contributed by atoms with Crippen molar-refractivity contribution in [2.24, 2.45) is 0 Å². The molecule has 0 saturated carbocycles. The average molecular weight is 200 g/mol. The van der Waals surface area contributed by atoms with Crippen LogP contribution in [0.15, 0.2) is 11.6 Å². The molecule has 82 valence electrons. The van der Waals surface area contributed by atoms with E-state index in [1.54, 1.807) is 0 Å². The zero-order chi connectivity index (χ0) is 11.2. The fourth-order valence-electron chi connectivity index (χ4n) is 0.849. The van der Waals surface area contributed by atoms with Gasteiger partial charge in [-0.3, -0.25) is 4.89 Å². The molecule has 0 bridgehead atoms. The fraction of sp³-hybridized carbons (Fsp3) is 0.727. The Morgan fingerprint density at radius 2 is 1.93 bits per heavy atom. The highest BCUT2D eigenvalue weighted by Gasteiger charge is 2.15. The number of rotatable bonds is 4. The molecule has 0 radical (unpaired) electrons. The second-order valence-corrected chi connectivity index (χ2v) is 4.29. The second-order valence-electron chi connectivity index (χ2n) is 4.29. The van der Waals surface area contributed by atoms with Crippen molar-refractivity contribution in [1.29, 1.82) is 0 Å². The lowest BCUT2D eigenvalue weighted by molar-refractivity contribution is -0.319. The lowest BCUT2D eigenvalue weighted by Crippen LogP contribution is -2.21. The van der Waals surface area contributed by atoms with Gasteiger partial charge < -0.3 is 0 Å². The number of carbonyl (C=O) groups excluding carboxylic acids is 1. The summed E-state index contributed by atoms with van der Waals surface area (Å²) in [5.74, 6) is -0.345. The predicted octanol–water partition coefficient (Wildman–Crippen LogP) is 3.01. The zero-order valence-corrected chi connectivity index (χ0v) is 9.72. The van der Waals surface area contributed by atoms with Crippen LogP contribution in [0.25, 0.3) is 0 Å². The Balaban J connectivity index is 3.83. The van der Waals surface area contributed by atoms with E-state index in [9.17, 15) is 4.79 Å². The molecule has 0 aromatic rings. The fourth-order valence-corrected chi connectivity index (χ4v) is 0.849. The Labute approximate surface area is 86.0 Å². The molecule has 0 amide bonds. The number of allylic oxidation sites excluding steroid dienone is 1. The summed E-state index contributed by atoms with van der Waals surface area (Å²) in [6, 6.07) is 0. The molecule has 3 heteroatoms. The zero-order valence-electron chi connectivity index (χ0n) is 9.72. The first-order chi connectivity index (χ1) is 6.35. The van der Waals surface area contributed by atoms with E-state index in [0.717, 1.165) is 12.0 Å². The molecule has 0 aliphatic carbocycles. The van der Waals surface area contributed by atoms with Crippen LogP contribution < -0.4 is 0 Å². The van der Waals surface area contributed by atoms with Crippen molar-refractivity contribution in [2.45, 2.75) is 53.1 Å². The summed E-state index contributed by atoms with van der Waals surface area (Å²) in [7, 11) is 0. The Morgan fingerprint density at radius 1 is 1.36 bits per heavy atom. The van der Waals surface area contributed by atoms with Gasteiger partial charge in [-0.05, 0) is 34.1 Å². The van der Waals surface area contributed by atoms with Gasteiger partial charge in [0.05, 0.1) is 6.42 Å². The predicted molar refractivity (Wildman–Crippen MR) is 55.6 cm³/mol. The standard InChI is InChI=1S/C11H20O3/c1-6-7-9(2)8-10(12)13-14-11(3,4)5/h7H,6,8H2,1-5H3/b9-7+. The highest BCUT2D eigenvalue weighted by atomic mass is 17.2. The van der Waals surface area contributed by atoms with E-state index in [2.05, 4.69) is 4.89 Å². The van der Waals surface area contributed by atoms with E-state index >= 15 is 0 Å².